The summed E-state index contributed by atoms with van der Waals surface area (Å²) in [6.07, 6.45) is 6.20. The molecular weight excluding hydrogens is 397 g/mol. The molecule has 0 amide bonds. The highest BCUT2D eigenvalue weighted by Crippen LogP contribution is 2.16. The van der Waals surface area contributed by atoms with Crippen LogP contribution in [-0.2, 0) is 10.8 Å². The summed E-state index contributed by atoms with van der Waals surface area (Å²) in [6.45, 7) is 0.493. The third kappa shape index (κ3) is 6.78. The Bertz CT molecular complexity index is 461. The number of nitrogens with two attached hydrogens (primary N) is 1. The predicted octanol–water partition coefficient (Wildman–Crippen LogP) is 2.65. The lowest BCUT2D eigenvalue weighted by molar-refractivity contribution is 0.412. The first-order chi connectivity index (χ1) is 9.75. The molecule has 0 aromatic heterocycles. The van der Waals surface area contributed by atoms with Gasteiger partial charge in [-0.2, -0.15) is 0 Å². The van der Waals surface area contributed by atoms with Crippen molar-refractivity contribution >= 4 is 40.7 Å². The molecule has 3 N–H and O–H groups in total. The number of rotatable bonds is 5. The first-order valence-electron chi connectivity index (χ1n) is 7.25. The Balaban J connectivity index is 0.00000220. The molecule has 0 aliphatic heterocycles. The van der Waals surface area contributed by atoms with Gasteiger partial charge in [-0.15, -0.1) is 24.0 Å². The fourth-order valence-electron chi connectivity index (χ4n) is 2.44. The topological polar surface area (TPSA) is 67.5 Å². The molecule has 1 unspecified atom stereocenters. The normalized spacial score (nSPS) is 17.8. The molecular formula is C15H24IN3OS. The molecule has 1 aromatic carbocycles. The molecule has 1 fully saturated rings. The van der Waals surface area contributed by atoms with E-state index in [1.807, 2.05) is 30.3 Å². The van der Waals surface area contributed by atoms with E-state index in [2.05, 4.69) is 10.3 Å². The van der Waals surface area contributed by atoms with Gasteiger partial charge in [-0.25, -0.2) is 0 Å². The maximum atomic E-state index is 12.0. The van der Waals surface area contributed by atoms with Crippen molar-refractivity contribution in [2.75, 3.05) is 12.3 Å². The highest BCUT2D eigenvalue weighted by Gasteiger charge is 2.13. The van der Waals surface area contributed by atoms with Gasteiger partial charge in [0.1, 0.15) is 0 Å². The summed E-state index contributed by atoms with van der Waals surface area (Å²) in [6, 6.07) is 9.94. The number of halogens is 1. The summed E-state index contributed by atoms with van der Waals surface area (Å²) in [5.74, 6) is 0.999. The number of guanidine groups is 1. The van der Waals surface area contributed by atoms with Gasteiger partial charge in [0, 0.05) is 16.7 Å². The minimum Gasteiger partial charge on any atom is -0.370 e. The van der Waals surface area contributed by atoms with Crippen LogP contribution in [0.2, 0.25) is 0 Å². The van der Waals surface area contributed by atoms with Gasteiger partial charge in [0.25, 0.3) is 0 Å². The third-order valence-corrected chi connectivity index (χ3v) is 4.87. The summed E-state index contributed by atoms with van der Waals surface area (Å²) in [4.78, 5) is 5.12. The monoisotopic (exact) mass is 421 g/mol. The van der Waals surface area contributed by atoms with Crippen LogP contribution < -0.4 is 11.1 Å². The fraction of sp³-hybridized carbons (Fsp3) is 0.533. The molecule has 0 heterocycles. The molecule has 4 nitrogen and oxygen atoms in total. The van der Waals surface area contributed by atoms with Gasteiger partial charge >= 0.3 is 0 Å². The molecule has 0 saturated heterocycles. The Morgan fingerprint density at radius 3 is 2.57 bits per heavy atom. The van der Waals surface area contributed by atoms with Gasteiger partial charge < -0.3 is 11.1 Å². The van der Waals surface area contributed by atoms with Crippen molar-refractivity contribution < 1.29 is 4.21 Å². The molecule has 0 radical (unpaired) electrons. The van der Waals surface area contributed by atoms with E-state index in [1.54, 1.807) is 0 Å². The lowest BCUT2D eigenvalue weighted by atomic mass is 9.96. The van der Waals surface area contributed by atoms with E-state index in [0.717, 1.165) is 4.90 Å². The standard InChI is InChI=1S/C15H23N3OS.HI/c16-15(18-13-7-3-1-4-8-13)17-11-12-20(19)14-9-5-2-6-10-14;/h2,5-6,9-10,13H,1,3-4,7-8,11-12H2,(H3,16,17,18);1H. The van der Waals surface area contributed by atoms with E-state index in [9.17, 15) is 4.21 Å². The molecule has 2 rings (SSSR count). The minimum atomic E-state index is -0.997. The van der Waals surface area contributed by atoms with Crippen molar-refractivity contribution in [1.29, 1.82) is 0 Å². The molecule has 21 heavy (non-hydrogen) atoms. The van der Waals surface area contributed by atoms with E-state index < -0.39 is 10.8 Å². The first kappa shape index (κ1) is 18.4. The van der Waals surface area contributed by atoms with Crippen LogP contribution in [0.25, 0.3) is 0 Å². The average Bonchev–Trinajstić information content (AvgIpc) is 2.49. The van der Waals surface area contributed by atoms with Gasteiger partial charge in [0.05, 0.1) is 17.3 Å². The highest BCUT2D eigenvalue weighted by molar-refractivity contribution is 14.0. The van der Waals surface area contributed by atoms with E-state index in [1.165, 1.54) is 32.1 Å². The van der Waals surface area contributed by atoms with Crippen molar-refractivity contribution in [1.82, 2.24) is 5.32 Å². The van der Waals surface area contributed by atoms with Crippen LogP contribution in [0.1, 0.15) is 32.1 Å². The second-order valence-corrected chi connectivity index (χ2v) is 6.68. The first-order valence-corrected chi connectivity index (χ1v) is 8.57. The van der Waals surface area contributed by atoms with Crippen molar-refractivity contribution in [3.8, 4) is 0 Å². The van der Waals surface area contributed by atoms with E-state index in [0.29, 0.717) is 24.3 Å². The summed E-state index contributed by atoms with van der Waals surface area (Å²) in [5, 5.41) is 3.26. The molecule has 1 saturated carbocycles. The second kappa shape index (κ2) is 10.2. The van der Waals surface area contributed by atoms with Crippen molar-refractivity contribution in [2.45, 2.75) is 43.0 Å². The summed E-state index contributed by atoms with van der Waals surface area (Å²) in [5.41, 5.74) is 5.87. The molecule has 0 spiro atoms. The van der Waals surface area contributed by atoms with Crippen LogP contribution in [0.15, 0.2) is 40.2 Å². The van der Waals surface area contributed by atoms with Crippen molar-refractivity contribution in [3.05, 3.63) is 30.3 Å². The molecule has 118 valence electrons. The van der Waals surface area contributed by atoms with Gasteiger partial charge in [0.15, 0.2) is 5.96 Å². The fourth-order valence-corrected chi connectivity index (χ4v) is 3.39. The van der Waals surface area contributed by atoms with Crippen molar-refractivity contribution in [3.63, 3.8) is 0 Å². The number of nitrogens with one attached hydrogen (secondary N) is 1. The van der Waals surface area contributed by atoms with Gasteiger partial charge in [-0.3, -0.25) is 9.20 Å². The summed E-state index contributed by atoms with van der Waals surface area (Å²) < 4.78 is 12.0. The largest absolute Gasteiger partial charge is 0.370 e. The maximum absolute atomic E-state index is 12.0. The van der Waals surface area contributed by atoms with Crippen LogP contribution in [-0.4, -0.2) is 28.5 Å². The Kier molecular flexibility index (Phi) is 8.91. The van der Waals surface area contributed by atoms with E-state index >= 15 is 0 Å². The number of hydrogen-bond acceptors (Lipinski definition) is 2. The predicted molar refractivity (Wildman–Crippen MR) is 99.6 cm³/mol. The van der Waals surface area contributed by atoms with Gasteiger partial charge in [-0.05, 0) is 25.0 Å². The molecule has 1 aliphatic rings. The zero-order valence-electron chi connectivity index (χ0n) is 12.2. The zero-order valence-corrected chi connectivity index (χ0v) is 15.3. The van der Waals surface area contributed by atoms with Crippen LogP contribution in [0.4, 0.5) is 0 Å². The van der Waals surface area contributed by atoms with Crippen LogP contribution in [0.3, 0.4) is 0 Å². The molecule has 1 aliphatic carbocycles. The summed E-state index contributed by atoms with van der Waals surface area (Å²) in [7, 11) is -0.997. The highest BCUT2D eigenvalue weighted by atomic mass is 127. The Hall–Kier alpha value is -0.630. The number of benzene rings is 1. The van der Waals surface area contributed by atoms with Gasteiger partial charge in [0.2, 0.25) is 0 Å². The van der Waals surface area contributed by atoms with Crippen LogP contribution >= 0.6 is 24.0 Å². The SMILES string of the molecule is I.NC(=NCCS(=O)c1ccccc1)NC1CCCCC1. The third-order valence-electron chi connectivity index (χ3n) is 3.52. The molecule has 1 atom stereocenters. The molecule has 1 aromatic rings. The maximum Gasteiger partial charge on any atom is 0.188 e. The number of nitrogens with zero attached hydrogens (tertiary/aromatic N) is 1. The zero-order chi connectivity index (χ0) is 14.2. The second-order valence-electron chi connectivity index (χ2n) is 5.11. The van der Waals surface area contributed by atoms with E-state index in [4.69, 9.17) is 5.73 Å². The minimum absolute atomic E-state index is 0. The smallest absolute Gasteiger partial charge is 0.188 e. The summed E-state index contributed by atoms with van der Waals surface area (Å²) >= 11 is 0. The Labute approximate surface area is 146 Å². The molecule has 0 bridgehead atoms. The van der Waals surface area contributed by atoms with Crippen LogP contribution in [0, 0.1) is 0 Å². The Morgan fingerprint density at radius 1 is 1.24 bits per heavy atom. The number of hydrogen-bond donors (Lipinski definition) is 2. The Morgan fingerprint density at radius 2 is 1.90 bits per heavy atom. The average molecular weight is 421 g/mol. The van der Waals surface area contributed by atoms with Crippen LogP contribution in [0.5, 0.6) is 0 Å². The lowest BCUT2D eigenvalue weighted by Crippen LogP contribution is -2.41. The number of aliphatic imine (C=N–C) groups is 1. The quantitative estimate of drug-likeness (QED) is 0.437. The molecule has 6 heteroatoms. The van der Waals surface area contributed by atoms with E-state index in [-0.39, 0.29) is 24.0 Å². The van der Waals surface area contributed by atoms with Crippen molar-refractivity contribution in [2.24, 2.45) is 10.7 Å². The van der Waals surface area contributed by atoms with Gasteiger partial charge in [-0.1, -0.05) is 37.5 Å². The lowest BCUT2D eigenvalue weighted by Gasteiger charge is -2.23.